The molecular formula is C9H8BrClO. The van der Waals surface area contributed by atoms with Gasteiger partial charge in [-0.2, -0.15) is 0 Å². The number of hydrogen-bond acceptors (Lipinski definition) is 1. The Labute approximate surface area is 84.8 Å². The van der Waals surface area contributed by atoms with Crippen LogP contribution in [-0.2, 0) is 0 Å². The Bertz CT molecular complexity index is 276. The molecule has 0 saturated carbocycles. The second-order valence-electron chi connectivity index (χ2n) is 2.29. The van der Waals surface area contributed by atoms with Crippen molar-refractivity contribution in [3.05, 3.63) is 39.3 Å². The zero-order valence-electron chi connectivity index (χ0n) is 6.30. The smallest absolute Gasteiger partial charge is 0.0615 e. The molecule has 0 aromatic heterocycles. The molecule has 12 heavy (non-hydrogen) atoms. The molecule has 0 bridgehead atoms. The van der Waals surface area contributed by atoms with E-state index in [1.54, 1.807) is 6.08 Å². The third kappa shape index (κ3) is 2.97. The quantitative estimate of drug-likeness (QED) is 0.851. The molecule has 1 nitrogen and oxygen atoms in total. The van der Waals surface area contributed by atoms with Crippen molar-refractivity contribution in [1.29, 1.82) is 0 Å². The zero-order chi connectivity index (χ0) is 8.97. The maximum atomic E-state index is 8.53. The summed E-state index contributed by atoms with van der Waals surface area (Å²) >= 11 is 9.13. The van der Waals surface area contributed by atoms with Gasteiger partial charge in [-0.15, -0.1) is 0 Å². The largest absolute Gasteiger partial charge is 0.392 e. The molecule has 0 aliphatic heterocycles. The van der Waals surface area contributed by atoms with Crippen molar-refractivity contribution in [3.8, 4) is 0 Å². The van der Waals surface area contributed by atoms with Gasteiger partial charge in [-0.25, -0.2) is 0 Å². The molecule has 1 aromatic rings. The summed E-state index contributed by atoms with van der Waals surface area (Å²) < 4.78 is 0.938. The lowest BCUT2D eigenvalue weighted by molar-refractivity contribution is 0.343. The van der Waals surface area contributed by atoms with Crippen LogP contribution in [0.4, 0.5) is 0 Å². The van der Waals surface area contributed by atoms with Gasteiger partial charge in [-0.1, -0.05) is 39.7 Å². The van der Waals surface area contributed by atoms with Crippen LogP contribution in [0.5, 0.6) is 0 Å². The normalized spacial score (nSPS) is 10.9. The molecule has 0 heterocycles. The van der Waals surface area contributed by atoms with Crippen LogP contribution in [0.2, 0.25) is 5.02 Å². The van der Waals surface area contributed by atoms with E-state index < -0.39 is 0 Å². The number of rotatable bonds is 2. The first kappa shape index (κ1) is 9.78. The molecule has 3 heteroatoms. The highest BCUT2D eigenvalue weighted by Gasteiger charge is 1.93. The third-order valence-electron chi connectivity index (χ3n) is 1.30. The number of hydrogen-bond donors (Lipinski definition) is 1. The van der Waals surface area contributed by atoms with Gasteiger partial charge >= 0.3 is 0 Å². The predicted octanol–water partition coefficient (Wildman–Crippen LogP) is 3.11. The second kappa shape index (κ2) is 4.65. The van der Waals surface area contributed by atoms with Crippen molar-refractivity contribution >= 4 is 33.6 Å². The molecule has 1 aromatic carbocycles. The van der Waals surface area contributed by atoms with Gasteiger partial charge in [-0.05, 0) is 23.8 Å². The summed E-state index contributed by atoms with van der Waals surface area (Å²) in [7, 11) is 0. The summed E-state index contributed by atoms with van der Waals surface area (Å²) in [6.07, 6.45) is 3.48. The highest BCUT2D eigenvalue weighted by molar-refractivity contribution is 9.10. The molecule has 0 fully saturated rings. The van der Waals surface area contributed by atoms with E-state index in [4.69, 9.17) is 16.7 Å². The molecule has 0 aliphatic carbocycles. The Kier molecular flexibility index (Phi) is 3.79. The molecule has 1 N–H and O–H groups in total. The fourth-order valence-corrected chi connectivity index (χ4v) is 1.75. The summed E-state index contributed by atoms with van der Waals surface area (Å²) in [5.74, 6) is 0. The molecule has 0 spiro atoms. The molecule has 0 aliphatic rings. The van der Waals surface area contributed by atoms with Crippen molar-refractivity contribution in [3.63, 3.8) is 0 Å². The Balaban J connectivity index is 2.93. The van der Waals surface area contributed by atoms with Crippen LogP contribution in [0.3, 0.4) is 0 Å². The molecular weight excluding hydrogens is 239 g/mol. The molecule has 0 unspecified atom stereocenters. The number of halogens is 2. The van der Waals surface area contributed by atoms with Gasteiger partial charge in [0.25, 0.3) is 0 Å². The molecule has 0 radical (unpaired) electrons. The minimum Gasteiger partial charge on any atom is -0.392 e. The molecule has 1 rings (SSSR count). The zero-order valence-corrected chi connectivity index (χ0v) is 8.64. The van der Waals surface area contributed by atoms with E-state index in [9.17, 15) is 0 Å². The Morgan fingerprint density at radius 1 is 1.42 bits per heavy atom. The van der Waals surface area contributed by atoms with Crippen LogP contribution in [0.1, 0.15) is 5.56 Å². The Morgan fingerprint density at radius 3 is 2.75 bits per heavy atom. The van der Waals surface area contributed by atoms with Crippen molar-refractivity contribution in [2.24, 2.45) is 0 Å². The monoisotopic (exact) mass is 246 g/mol. The number of benzene rings is 1. The Morgan fingerprint density at radius 2 is 2.17 bits per heavy atom. The summed E-state index contributed by atoms with van der Waals surface area (Å²) in [5.41, 5.74) is 0.975. The van der Waals surface area contributed by atoms with E-state index in [0.717, 1.165) is 10.0 Å². The summed E-state index contributed by atoms with van der Waals surface area (Å²) in [6.45, 7) is 0.0458. The first-order valence-corrected chi connectivity index (χ1v) is 4.63. The first-order valence-electron chi connectivity index (χ1n) is 3.46. The van der Waals surface area contributed by atoms with Gasteiger partial charge in [0.15, 0.2) is 0 Å². The Hall–Kier alpha value is -0.310. The van der Waals surface area contributed by atoms with Gasteiger partial charge in [0.05, 0.1) is 6.61 Å². The summed E-state index contributed by atoms with van der Waals surface area (Å²) in [4.78, 5) is 0. The van der Waals surface area contributed by atoms with E-state index in [2.05, 4.69) is 15.9 Å². The van der Waals surface area contributed by atoms with Crippen molar-refractivity contribution in [2.45, 2.75) is 0 Å². The summed E-state index contributed by atoms with van der Waals surface area (Å²) in [6, 6.07) is 5.58. The van der Waals surface area contributed by atoms with Crippen LogP contribution in [0, 0.1) is 0 Å². The van der Waals surface area contributed by atoms with E-state index in [1.165, 1.54) is 0 Å². The van der Waals surface area contributed by atoms with Gasteiger partial charge in [0.1, 0.15) is 0 Å². The topological polar surface area (TPSA) is 20.2 Å². The molecule has 0 atom stereocenters. The van der Waals surface area contributed by atoms with Gasteiger partial charge in [0.2, 0.25) is 0 Å². The van der Waals surface area contributed by atoms with Crippen LogP contribution in [0.15, 0.2) is 28.7 Å². The van der Waals surface area contributed by atoms with Gasteiger partial charge < -0.3 is 5.11 Å². The third-order valence-corrected chi connectivity index (χ3v) is 1.98. The maximum absolute atomic E-state index is 8.53. The van der Waals surface area contributed by atoms with Gasteiger partial charge in [-0.3, -0.25) is 0 Å². The average Bonchev–Trinajstić information content (AvgIpc) is 1.99. The van der Waals surface area contributed by atoms with Crippen molar-refractivity contribution in [1.82, 2.24) is 0 Å². The predicted molar refractivity (Wildman–Crippen MR) is 55.3 cm³/mol. The maximum Gasteiger partial charge on any atom is 0.0615 e. The highest BCUT2D eigenvalue weighted by Crippen LogP contribution is 2.20. The second-order valence-corrected chi connectivity index (χ2v) is 3.64. The number of aliphatic hydroxyl groups is 1. The van der Waals surface area contributed by atoms with E-state index in [-0.39, 0.29) is 6.61 Å². The van der Waals surface area contributed by atoms with E-state index in [0.29, 0.717) is 5.02 Å². The van der Waals surface area contributed by atoms with Crippen LogP contribution >= 0.6 is 27.5 Å². The first-order chi connectivity index (χ1) is 5.72. The standard InChI is InChI=1S/C9H8BrClO/c10-8-4-7(2-1-3-12)5-9(11)6-8/h1-2,4-6,12H,3H2/b2-1+. The van der Waals surface area contributed by atoms with Crippen LogP contribution in [-0.4, -0.2) is 11.7 Å². The fraction of sp³-hybridized carbons (Fsp3) is 0.111. The molecule has 0 amide bonds. The molecule has 64 valence electrons. The van der Waals surface area contributed by atoms with Crippen molar-refractivity contribution < 1.29 is 5.11 Å². The fourth-order valence-electron chi connectivity index (χ4n) is 0.860. The minimum atomic E-state index is 0.0458. The van der Waals surface area contributed by atoms with E-state index >= 15 is 0 Å². The van der Waals surface area contributed by atoms with E-state index in [1.807, 2.05) is 24.3 Å². The minimum absolute atomic E-state index is 0.0458. The van der Waals surface area contributed by atoms with Crippen LogP contribution < -0.4 is 0 Å². The van der Waals surface area contributed by atoms with Crippen molar-refractivity contribution in [2.75, 3.05) is 6.61 Å². The lowest BCUT2D eigenvalue weighted by atomic mass is 10.2. The lowest BCUT2D eigenvalue weighted by Crippen LogP contribution is -1.75. The van der Waals surface area contributed by atoms with Gasteiger partial charge in [0, 0.05) is 9.50 Å². The lowest BCUT2D eigenvalue weighted by Gasteiger charge is -1.96. The summed E-state index contributed by atoms with van der Waals surface area (Å²) in [5, 5.41) is 9.22. The van der Waals surface area contributed by atoms with Crippen LogP contribution in [0.25, 0.3) is 6.08 Å². The number of aliphatic hydroxyl groups excluding tert-OH is 1. The molecule has 0 saturated heterocycles. The average molecular weight is 248 g/mol. The SMILES string of the molecule is OC/C=C/c1cc(Cl)cc(Br)c1. The highest BCUT2D eigenvalue weighted by atomic mass is 79.9.